The normalized spacial score (nSPS) is 48.8. The Kier molecular flexibility index (Phi) is 37.2. The predicted molar refractivity (Wildman–Crippen MR) is 564 cm³/mol. The van der Waals surface area contributed by atoms with E-state index in [1.807, 2.05) is 0 Å². The summed E-state index contributed by atoms with van der Waals surface area (Å²) in [5.74, 6) is 32.6. The van der Waals surface area contributed by atoms with Crippen LogP contribution in [0, 0.1) is 296 Å². The molecule has 26 aliphatic rings. The van der Waals surface area contributed by atoms with Crippen LogP contribution in [0.15, 0.2) is 0 Å². The van der Waals surface area contributed by atoms with E-state index in [0.717, 1.165) is 265 Å². The maximum atomic E-state index is 13.0. The monoisotopic (exact) mass is 2050 g/mol. The molecule has 22 saturated carbocycles. The van der Waals surface area contributed by atoms with Gasteiger partial charge in [-0.25, -0.2) is 0 Å². The van der Waals surface area contributed by atoms with Crippen LogP contribution in [0.4, 0.5) is 0 Å². The summed E-state index contributed by atoms with van der Waals surface area (Å²) in [4.78, 5) is 94.8. The number of aliphatic carboxylic acids is 2. The molecule has 16 bridgehead atoms. The zero-order valence-corrected chi connectivity index (χ0v) is 94.5. The Bertz CT molecular complexity index is 4170. The van der Waals surface area contributed by atoms with Crippen molar-refractivity contribution in [3.05, 3.63) is 0 Å². The molecule has 0 aromatic carbocycles. The zero-order valence-electron chi connectivity index (χ0n) is 94.5. The molecule has 832 valence electrons. The van der Waals surface area contributed by atoms with E-state index in [9.17, 15) is 48.6 Å². The van der Waals surface area contributed by atoms with Crippen molar-refractivity contribution >= 4 is 47.8 Å². The van der Waals surface area contributed by atoms with E-state index in [0.29, 0.717) is 66.7 Å². The van der Waals surface area contributed by atoms with Gasteiger partial charge >= 0.3 is 47.8 Å². The number of carboxylic acids is 2. The highest BCUT2D eigenvalue weighted by Gasteiger charge is 2.69. The lowest BCUT2D eigenvalue weighted by Gasteiger charge is -2.53. The number of carboxylic acid groups (broad SMARTS) is 2. The van der Waals surface area contributed by atoms with Crippen molar-refractivity contribution in [3.63, 3.8) is 0 Å². The molecule has 0 aromatic rings. The Morgan fingerprint density at radius 3 is 0.714 bits per heavy atom. The fourth-order valence-electron chi connectivity index (χ4n) is 44.0. The maximum absolute atomic E-state index is 13.0. The van der Waals surface area contributed by atoms with E-state index < -0.39 is 11.9 Å². The maximum Gasteiger partial charge on any atom is 0.312 e. The third-order valence-electron chi connectivity index (χ3n) is 48.9. The molecule has 4 saturated heterocycles. The molecule has 0 radical (unpaired) electrons. The summed E-state index contributed by atoms with van der Waals surface area (Å²) >= 11 is 0. The molecule has 50 atom stereocenters. The minimum absolute atomic E-state index is 0.00685. The largest absolute Gasteiger partial charge is 0.481 e. The minimum atomic E-state index is -0.522. The molecule has 21 nitrogen and oxygen atoms in total. The zero-order chi connectivity index (χ0) is 104. The number of hydrogen-bond acceptors (Lipinski definition) is 19. The van der Waals surface area contributed by atoms with Gasteiger partial charge in [0.15, 0.2) is 20.4 Å². The molecule has 26 fully saturated rings. The number of hydrogen-bond donors (Lipinski definition) is 2. The van der Waals surface area contributed by atoms with Crippen LogP contribution >= 0.6 is 0 Å². The van der Waals surface area contributed by atoms with Crippen molar-refractivity contribution in [1.82, 2.24) is 0 Å². The number of methoxy groups -OCH3 is 3. The van der Waals surface area contributed by atoms with Crippen molar-refractivity contribution in [2.24, 2.45) is 296 Å². The first-order valence-corrected chi connectivity index (χ1v) is 62.4. The quantitative estimate of drug-likeness (QED) is 0.0400. The Morgan fingerprint density at radius 1 is 0.252 bits per heavy atom. The standard InChI is InChI=1S/C26H40O3.2C17H28O3.C16H26O2.2C15H24O2.2C10H16O3/c1-3-16-10-17(4-2)24-21-11-18(23(16)24)12-22(21)26(27)29-13-28-25-19-6-14-5-15(8-19)9-20(25)7-14;2*1-4-10-6-11(5-2)16-13-7-12(15(10)16)8-14(13)17(18)20-9-19-3;1-4-9-6-10(5-2)15-12-7-11(14(9)15)8-13(12)16(17)18-3;2*1-3-8-5-9(4-2)14-11-6-10(13(8)14)7-12(11)15(16)17;2*1-3-7-6-5-12-10(11)9(6)8(4-2)13-7/h14-25H,3-13H2,1-2H3;2*10-16H,4-9H2,1-3H3;9-15H,4-8H2,1-3H3;2*8-14H,3-7H2,1-2H3,(H,16,17);2*6-9H,3-5H2,1-2H3. The number of esters is 6. The van der Waals surface area contributed by atoms with E-state index in [1.54, 1.807) is 21.3 Å². The van der Waals surface area contributed by atoms with Gasteiger partial charge in [-0.1, -0.05) is 188 Å². The van der Waals surface area contributed by atoms with E-state index in [1.165, 1.54) is 186 Å². The number of carbonyl (C=O) groups excluding carboxylic acids is 6. The molecule has 50 unspecified atom stereocenters. The van der Waals surface area contributed by atoms with Crippen molar-refractivity contribution in [2.45, 2.75) is 392 Å². The first-order chi connectivity index (χ1) is 71.2. The second kappa shape index (κ2) is 48.7. The molecule has 0 amide bonds. The van der Waals surface area contributed by atoms with Crippen LogP contribution in [-0.4, -0.2) is 143 Å². The summed E-state index contributed by atoms with van der Waals surface area (Å²) < 4.78 is 59.0. The van der Waals surface area contributed by atoms with Gasteiger partial charge in [0.1, 0.15) is 0 Å². The number of ether oxygens (including phenoxy) is 11. The van der Waals surface area contributed by atoms with Crippen molar-refractivity contribution in [3.8, 4) is 0 Å². The lowest BCUT2D eigenvalue weighted by atomic mass is 9.55. The molecular weight excluding hydrogens is 1850 g/mol. The molecule has 0 spiro atoms. The molecule has 0 aromatic heterocycles. The Morgan fingerprint density at radius 2 is 0.483 bits per heavy atom. The summed E-state index contributed by atoms with van der Waals surface area (Å²) in [5.41, 5.74) is 0. The van der Waals surface area contributed by atoms with Crippen LogP contribution in [0.2, 0.25) is 0 Å². The molecule has 4 aliphatic heterocycles. The lowest BCUT2D eigenvalue weighted by Crippen LogP contribution is -2.49. The fraction of sp³-hybridized carbons (Fsp3) is 0.937. The van der Waals surface area contributed by atoms with Crippen LogP contribution < -0.4 is 0 Å². The number of fused-ring (bicyclic) bond motifs is 32. The Balaban J connectivity index is 0.000000111. The number of rotatable bonds is 29. The number of carbonyl (C=O) groups is 8. The predicted octanol–water partition coefficient (Wildman–Crippen LogP) is 25.7. The second-order valence-electron chi connectivity index (χ2n) is 53.7. The Labute approximate surface area is 885 Å². The molecule has 22 aliphatic carbocycles. The van der Waals surface area contributed by atoms with Gasteiger partial charge in [0.25, 0.3) is 0 Å². The van der Waals surface area contributed by atoms with Gasteiger partial charge in [0.05, 0.1) is 98.2 Å². The molecule has 26 rings (SSSR count). The van der Waals surface area contributed by atoms with Gasteiger partial charge < -0.3 is 62.3 Å². The van der Waals surface area contributed by atoms with Gasteiger partial charge in [-0.3, -0.25) is 38.4 Å². The highest BCUT2D eigenvalue weighted by molar-refractivity contribution is 5.78. The van der Waals surface area contributed by atoms with E-state index in [2.05, 4.69) is 111 Å². The molecule has 147 heavy (non-hydrogen) atoms. The van der Waals surface area contributed by atoms with E-state index >= 15 is 0 Å². The Hall–Kier alpha value is -4.44. The van der Waals surface area contributed by atoms with Crippen LogP contribution in [0.25, 0.3) is 0 Å². The van der Waals surface area contributed by atoms with Crippen molar-refractivity contribution < 1.29 is 101 Å². The average molecular weight is 2050 g/mol. The number of cyclic esters (lactones) is 2. The highest BCUT2D eigenvalue weighted by Crippen LogP contribution is 2.73. The topological polar surface area (TPSA) is 279 Å². The second-order valence-corrected chi connectivity index (χ2v) is 53.7. The van der Waals surface area contributed by atoms with Gasteiger partial charge in [0, 0.05) is 26.1 Å². The SMILES string of the molecule is CCC1CC(CC)C2C3CC(CC3C(=O)O)C12.CCC1CC(CC)C2C3CC(CC3C(=O)O)C12.CCC1CC(CC)C2C3CC(CC3C(=O)OC)C12.CCC1CC(CC)C2C3CC(CC3C(=O)OCOC)C12.CCC1CC(CC)C2C3CC(CC3C(=O)OCOC)C12.CCC1CC(CC)C2C3CC(CC3C(=O)OCOC3C4CC5CC(C4)CC3C5)C12.CCC1OC(CC)C2C(=O)OCC12.CCC1OC(CC)C2C(=O)OCC12. The minimum Gasteiger partial charge on any atom is -0.481 e. The molecule has 21 heteroatoms. The lowest BCUT2D eigenvalue weighted by molar-refractivity contribution is -0.191. The van der Waals surface area contributed by atoms with Gasteiger partial charge in [-0.15, -0.1) is 0 Å². The summed E-state index contributed by atoms with van der Waals surface area (Å²) in [6.07, 6.45) is 49.6. The van der Waals surface area contributed by atoms with Gasteiger partial charge in [0.2, 0.25) is 0 Å². The van der Waals surface area contributed by atoms with Crippen LogP contribution in [0.5, 0.6) is 0 Å². The summed E-state index contributed by atoms with van der Waals surface area (Å²) in [7, 11) is 4.69. The smallest absolute Gasteiger partial charge is 0.312 e. The molecular formula is C126H202O21. The van der Waals surface area contributed by atoms with Gasteiger partial charge in [-0.05, 0) is 410 Å². The van der Waals surface area contributed by atoms with Crippen LogP contribution in [0.1, 0.15) is 361 Å². The molecule has 2 N–H and O–H groups in total. The van der Waals surface area contributed by atoms with Crippen LogP contribution in [0.3, 0.4) is 0 Å². The third kappa shape index (κ3) is 21.1. The van der Waals surface area contributed by atoms with Crippen LogP contribution in [-0.2, 0) is 90.5 Å². The summed E-state index contributed by atoms with van der Waals surface area (Å²) in [6.45, 7) is 37.9. The summed E-state index contributed by atoms with van der Waals surface area (Å²) in [6, 6.07) is 0. The van der Waals surface area contributed by atoms with E-state index in [-0.39, 0.29) is 128 Å². The van der Waals surface area contributed by atoms with E-state index in [4.69, 9.17) is 52.1 Å². The molecule has 4 heterocycles. The fourth-order valence-corrected chi connectivity index (χ4v) is 44.0. The summed E-state index contributed by atoms with van der Waals surface area (Å²) in [5, 5.41) is 18.7. The average Bonchev–Trinajstić information content (AvgIpc) is 1.58. The van der Waals surface area contributed by atoms with Gasteiger partial charge in [-0.2, -0.15) is 0 Å². The van der Waals surface area contributed by atoms with Crippen molar-refractivity contribution in [2.75, 3.05) is 54.9 Å². The third-order valence-corrected chi connectivity index (χ3v) is 48.9. The first-order valence-electron chi connectivity index (χ1n) is 62.4. The first kappa shape index (κ1) is 112. The van der Waals surface area contributed by atoms with Crippen molar-refractivity contribution in [1.29, 1.82) is 0 Å². The highest BCUT2D eigenvalue weighted by atomic mass is 16.7.